The average Bonchev–Trinajstić information content (AvgIpc) is 3.15. The Morgan fingerprint density at radius 3 is 2.03 bits per heavy atom. The van der Waals surface area contributed by atoms with Gasteiger partial charge in [0.05, 0.1) is 12.7 Å². The fourth-order valence-electron chi connectivity index (χ4n) is 5.13. The molecule has 4 nitrogen and oxygen atoms in total. The van der Waals surface area contributed by atoms with Crippen molar-refractivity contribution in [2.75, 3.05) is 6.61 Å². The molecule has 0 saturated carbocycles. The van der Waals surface area contributed by atoms with E-state index in [1.54, 1.807) is 0 Å². The molecule has 0 bridgehead atoms. The van der Waals surface area contributed by atoms with Crippen LogP contribution >= 0.6 is 0 Å². The molecule has 1 heterocycles. The SMILES string of the molecule is C=C(Cc1ccccc1)C(CCCCCCC(C)[C@@H]1O[C@H](CO)[C@@H](O)[C@@H]1O)Cc1ccccc1. The average molecular weight is 467 g/mol. The van der Waals surface area contributed by atoms with Gasteiger partial charge in [-0.15, -0.1) is 0 Å². The van der Waals surface area contributed by atoms with Crippen LogP contribution in [-0.4, -0.2) is 46.3 Å². The highest BCUT2D eigenvalue weighted by Gasteiger charge is 2.44. The number of hydrogen-bond acceptors (Lipinski definition) is 4. The molecular weight excluding hydrogens is 424 g/mol. The summed E-state index contributed by atoms with van der Waals surface area (Å²) < 4.78 is 5.68. The summed E-state index contributed by atoms with van der Waals surface area (Å²) >= 11 is 0. The maximum absolute atomic E-state index is 10.2. The molecular formula is C30H42O4. The molecule has 2 aromatic rings. The zero-order chi connectivity index (χ0) is 24.3. The Kier molecular flexibility index (Phi) is 10.8. The van der Waals surface area contributed by atoms with Crippen molar-refractivity contribution in [3.8, 4) is 0 Å². The van der Waals surface area contributed by atoms with Crippen LogP contribution in [-0.2, 0) is 17.6 Å². The van der Waals surface area contributed by atoms with Gasteiger partial charge < -0.3 is 20.1 Å². The highest BCUT2D eigenvalue weighted by atomic mass is 16.6. The van der Waals surface area contributed by atoms with E-state index in [1.165, 1.54) is 29.5 Å². The maximum atomic E-state index is 10.2. The molecule has 0 spiro atoms. The summed E-state index contributed by atoms with van der Waals surface area (Å²) in [7, 11) is 0. The minimum absolute atomic E-state index is 0.151. The topological polar surface area (TPSA) is 69.9 Å². The van der Waals surface area contributed by atoms with E-state index in [0.29, 0.717) is 5.92 Å². The molecule has 186 valence electrons. The van der Waals surface area contributed by atoms with E-state index in [2.05, 4.69) is 74.2 Å². The van der Waals surface area contributed by atoms with Crippen molar-refractivity contribution >= 4 is 0 Å². The lowest BCUT2D eigenvalue weighted by molar-refractivity contribution is -0.0417. The number of aliphatic hydroxyl groups excluding tert-OH is 3. The number of rotatable bonds is 14. The number of hydrogen-bond donors (Lipinski definition) is 3. The van der Waals surface area contributed by atoms with E-state index in [9.17, 15) is 15.3 Å². The highest BCUT2D eigenvalue weighted by Crippen LogP contribution is 2.30. The second-order valence-corrected chi connectivity index (χ2v) is 9.98. The van der Waals surface area contributed by atoms with Crippen LogP contribution < -0.4 is 0 Å². The fraction of sp³-hybridized carbons (Fsp3) is 0.533. The zero-order valence-electron chi connectivity index (χ0n) is 20.6. The minimum atomic E-state index is -0.997. The molecule has 0 aliphatic carbocycles. The molecule has 1 fully saturated rings. The van der Waals surface area contributed by atoms with Crippen LogP contribution in [0.3, 0.4) is 0 Å². The molecule has 0 amide bonds. The normalized spacial score (nSPS) is 24.1. The maximum Gasteiger partial charge on any atom is 0.111 e. The Morgan fingerprint density at radius 1 is 0.853 bits per heavy atom. The number of benzene rings is 2. The van der Waals surface area contributed by atoms with Crippen LogP contribution in [0.1, 0.15) is 56.6 Å². The lowest BCUT2D eigenvalue weighted by Gasteiger charge is -2.22. The van der Waals surface area contributed by atoms with E-state index in [-0.39, 0.29) is 12.5 Å². The summed E-state index contributed by atoms with van der Waals surface area (Å²) in [6.45, 7) is 6.28. The van der Waals surface area contributed by atoms with Gasteiger partial charge in [0.2, 0.25) is 0 Å². The minimum Gasteiger partial charge on any atom is -0.394 e. The number of allylic oxidation sites excluding steroid dienone is 1. The van der Waals surface area contributed by atoms with Crippen LogP contribution in [0.15, 0.2) is 72.8 Å². The Labute approximate surface area is 205 Å². The van der Waals surface area contributed by atoms with Crippen LogP contribution in [0.25, 0.3) is 0 Å². The predicted molar refractivity (Wildman–Crippen MR) is 138 cm³/mol. The fourth-order valence-corrected chi connectivity index (χ4v) is 5.13. The van der Waals surface area contributed by atoms with Crippen molar-refractivity contribution in [1.82, 2.24) is 0 Å². The molecule has 4 heteroatoms. The highest BCUT2D eigenvalue weighted by molar-refractivity contribution is 5.24. The predicted octanol–water partition coefficient (Wildman–Crippen LogP) is 5.10. The molecule has 2 unspecified atom stereocenters. The van der Waals surface area contributed by atoms with Gasteiger partial charge in [-0.3, -0.25) is 0 Å². The van der Waals surface area contributed by atoms with Crippen LogP contribution in [0.5, 0.6) is 0 Å². The first-order chi connectivity index (χ1) is 16.5. The third-order valence-corrected chi connectivity index (χ3v) is 7.28. The summed E-state index contributed by atoms with van der Waals surface area (Å²) in [5.41, 5.74) is 4.01. The summed E-state index contributed by atoms with van der Waals surface area (Å²) in [4.78, 5) is 0. The molecule has 6 atom stereocenters. The standard InChI is InChI=1S/C30H42O4/c1-22(30-29(33)28(32)27(21-31)34-30)13-7-3-4-12-18-26(20-25-16-10-6-11-17-25)23(2)19-24-14-8-5-9-15-24/h5-6,8-11,14-17,22,26-33H,2-4,7,12-13,18-21H2,1H3/t22?,26?,27-,28-,29+,30+/m1/s1. The molecule has 1 aliphatic heterocycles. The Bertz CT molecular complexity index is 837. The lowest BCUT2D eigenvalue weighted by atomic mass is 9.85. The van der Waals surface area contributed by atoms with Crippen molar-refractivity contribution in [2.45, 2.75) is 82.7 Å². The van der Waals surface area contributed by atoms with Crippen molar-refractivity contribution in [3.63, 3.8) is 0 Å². The third kappa shape index (κ3) is 7.78. The zero-order valence-corrected chi connectivity index (χ0v) is 20.6. The van der Waals surface area contributed by atoms with Crippen LogP contribution in [0.4, 0.5) is 0 Å². The van der Waals surface area contributed by atoms with Gasteiger partial charge in [0, 0.05) is 0 Å². The molecule has 0 radical (unpaired) electrons. The first-order valence-electron chi connectivity index (χ1n) is 12.9. The van der Waals surface area contributed by atoms with Gasteiger partial charge in [0.1, 0.15) is 18.3 Å². The first kappa shape index (κ1) is 26.6. The van der Waals surface area contributed by atoms with Gasteiger partial charge in [-0.05, 0) is 48.6 Å². The van der Waals surface area contributed by atoms with Crippen molar-refractivity contribution in [2.24, 2.45) is 11.8 Å². The van der Waals surface area contributed by atoms with E-state index in [4.69, 9.17) is 4.74 Å². The second kappa shape index (κ2) is 13.8. The van der Waals surface area contributed by atoms with Gasteiger partial charge in [-0.2, -0.15) is 0 Å². The molecule has 0 aromatic heterocycles. The van der Waals surface area contributed by atoms with Gasteiger partial charge in [0.15, 0.2) is 0 Å². The van der Waals surface area contributed by atoms with Gasteiger partial charge in [-0.1, -0.05) is 105 Å². The van der Waals surface area contributed by atoms with Crippen molar-refractivity contribution in [3.05, 3.63) is 83.9 Å². The van der Waals surface area contributed by atoms with E-state index >= 15 is 0 Å². The number of aliphatic hydroxyl groups is 3. The summed E-state index contributed by atoms with van der Waals surface area (Å²) in [6, 6.07) is 21.3. The van der Waals surface area contributed by atoms with Gasteiger partial charge in [0.25, 0.3) is 0 Å². The molecule has 1 saturated heterocycles. The number of ether oxygens (including phenoxy) is 1. The Hall–Kier alpha value is -1.98. The Balaban J connectivity index is 1.42. The van der Waals surface area contributed by atoms with E-state index in [0.717, 1.165) is 38.5 Å². The number of unbranched alkanes of at least 4 members (excludes halogenated alkanes) is 3. The van der Waals surface area contributed by atoms with Crippen LogP contribution in [0.2, 0.25) is 0 Å². The monoisotopic (exact) mass is 466 g/mol. The molecule has 3 rings (SSSR count). The van der Waals surface area contributed by atoms with E-state index in [1.807, 2.05) is 0 Å². The Morgan fingerprint density at radius 2 is 1.44 bits per heavy atom. The molecule has 1 aliphatic rings. The first-order valence-corrected chi connectivity index (χ1v) is 12.9. The smallest absolute Gasteiger partial charge is 0.111 e. The quantitative estimate of drug-likeness (QED) is 0.268. The van der Waals surface area contributed by atoms with Crippen LogP contribution in [0, 0.1) is 11.8 Å². The summed E-state index contributed by atoms with van der Waals surface area (Å²) in [6.07, 6.45) is 5.63. The van der Waals surface area contributed by atoms with E-state index < -0.39 is 24.4 Å². The van der Waals surface area contributed by atoms with Gasteiger partial charge in [-0.25, -0.2) is 0 Å². The second-order valence-electron chi connectivity index (χ2n) is 9.98. The summed E-state index contributed by atoms with van der Waals surface area (Å²) in [5, 5.41) is 29.5. The summed E-state index contributed by atoms with van der Waals surface area (Å²) in [5.74, 6) is 0.623. The van der Waals surface area contributed by atoms with Crippen molar-refractivity contribution < 1.29 is 20.1 Å². The molecule has 2 aromatic carbocycles. The molecule has 34 heavy (non-hydrogen) atoms. The molecule has 3 N–H and O–H groups in total. The van der Waals surface area contributed by atoms with Gasteiger partial charge >= 0.3 is 0 Å². The largest absolute Gasteiger partial charge is 0.394 e. The lowest BCUT2D eigenvalue weighted by Crippen LogP contribution is -2.35. The third-order valence-electron chi connectivity index (χ3n) is 7.28. The van der Waals surface area contributed by atoms with Crippen molar-refractivity contribution in [1.29, 1.82) is 0 Å².